The lowest BCUT2D eigenvalue weighted by Crippen LogP contribution is -2.29. The summed E-state index contributed by atoms with van der Waals surface area (Å²) in [5.74, 6) is -0.318. The van der Waals surface area contributed by atoms with Gasteiger partial charge in [-0.25, -0.2) is 0 Å². The van der Waals surface area contributed by atoms with Gasteiger partial charge in [0, 0.05) is 18.1 Å². The van der Waals surface area contributed by atoms with E-state index in [1.807, 2.05) is 39.1 Å². The second-order valence-corrected chi connectivity index (χ2v) is 5.12. The van der Waals surface area contributed by atoms with Crippen LogP contribution in [-0.4, -0.2) is 31.6 Å². The van der Waals surface area contributed by atoms with Gasteiger partial charge in [0.25, 0.3) is 0 Å². The van der Waals surface area contributed by atoms with Crippen molar-refractivity contribution < 1.29 is 9.53 Å². The Morgan fingerprint density at radius 2 is 2.17 bits per heavy atom. The Kier molecular flexibility index (Phi) is 5.63. The third kappa shape index (κ3) is 4.31. The predicted octanol–water partition coefficient (Wildman–Crippen LogP) is 2.89. The Bertz CT molecular complexity index is 420. The second-order valence-electron chi connectivity index (χ2n) is 4.72. The number of halogens is 1. The first kappa shape index (κ1) is 15.0. The number of aryl methyl sites for hydroxylation is 1. The fourth-order valence-corrected chi connectivity index (χ4v) is 2.17. The van der Waals surface area contributed by atoms with E-state index in [0.717, 1.165) is 22.7 Å². The lowest BCUT2D eigenvalue weighted by Gasteiger charge is -2.20. The minimum Gasteiger partial charge on any atom is -0.469 e. The van der Waals surface area contributed by atoms with E-state index in [0.29, 0.717) is 6.54 Å². The summed E-state index contributed by atoms with van der Waals surface area (Å²) in [6.45, 7) is 5.25. The fraction of sp³-hybridized carbons (Fsp3) is 0.500. The van der Waals surface area contributed by atoms with Crippen molar-refractivity contribution in [1.82, 2.24) is 4.90 Å². The number of hydrogen-bond acceptors (Lipinski definition) is 3. The van der Waals surface area contributed by atoms with E-state index in [-0.39, 0.29) is 11.9 Å². The van der Waals surface area contributed by atoms with Crippen molar-refractivity contribution in [2.24, 2.45) is 5.92 Å². The molecule has 0 amide bonds. The molecule has 0 saturated carbocycles. The van der Waals surface area contributed by atoms with Gasteiger partial charge in [-0.15, -0.1) is 0 Å². The number of rotatable bonds is 5. The molecule has 0 aromatic heterocycles. The van der Waals surface area contributed by atoms with Crippen molar-refractivity contribution in [2.75, 3.05) is 20.7 Å². The maximum Gasteiger partial charge on any atom is 0.309 e. The van der Waals surface area contributed by atoms with Crippen LogP contribution in [0.25, 0.3) is 0 Å². The van der Waals surface area contributed by atoms with Gasteiger partial charge in [0.2, 0.25) is 0 Å². The smallest absolute Gasteiger partial charge is 0.309 e. The maximum atomic E-state index is 11.3. The average Bonchev–Trinajstić information content (AvgIpc) is 2.31. The van der Waals surface area contributed by atoms with Gasteiger partial charge in [-0.2, -0.15) is 0 Å². The van der Waals surface area contributed by atoms with E-state index in [1.54, 1.807) is 0 Å². The summed E-state index contributed by atoms with van der Waals surface area (Å²) in [7, 11) is 3.38. The zero-order chi connectivity index (χ0) is 13.7. The van der Waals surface area contributed by atoms with Crippen LogP contribution in [0, 0.1) is 12.8 Å². The largest absolute Gasteiger partial charge is 0.469 e. The van der Waals surface area contributed by atoms with Crippen LogP contribution < -0.4 is 0 Å². The molecule has 0 radical (unpaired) electrons. The summed E-state index contributed by atoms with van der Waals surface area (Å²) >= 11 is 6.18. The third-order valence-electron chi connectivity index (χ3n) is 2.84. The molecule has 1 aromatic rings. The van der Waals surface area contributed by atoms with Gasteiger partial charge in [0.1, 0.15) is 0 Å². The molecular weight excluding hydrogens is 250 g/mol. The number of ether oxygens (including phenoxy) is 1. The highest BCUT2D eigenvalue weighted by Gasteiger charge is 2.16. The third-order valence-corrected chi connectivity index (χ3v) is 3.19. The molecule has 0 fully saturated rings. The van der Waals surface area contributed by atoms with Crippen molar-refractivity contribution in [3.05, 3.63) is 34.3 Å². The molecule has 1 aromatic carbocycles. The van der Waals surface area contributed by atoms with Gasteiger partial charge < -0.3 is 9.64 Å². The number of carbonyl (C=O) groups is 1. The molecule has 1 unspecified atom stereocenters. The van der Waals surface area contributed by atoms with Gasteiger partial charge in [-0.3, -0.25) is 4.79 Å². The van der Waals surface area contributed by atoms with Gasteiger partial charge >= 0.3 is 5.97 Å². The van der Waals surface area contributed by atoms with Gasteiger partial charge in [-0.1, -0.05) is 30.7 Å². The number of esters is 1. The summed E-state index contributed by atoms with van der Waals surface area (Å²) in [6, 6.07) is 6.02. The van der Waals surface area contributed by atoms with Crippen molar-refractivity contribution in [1.29, 1.82) is 0 Å². The van der Waals surface area contributed by atoms with Gasteiger partial charge in [0.15, 0.2) is 0 Å². The van der Waals surface area contributed by atoms with E-state index in [4.69, 9.17) is 16.3 Å². The fourth-order valence-electron chi connectivity index (χ4n) is 1.88. The highest BCUT2D eigenvalue weighted by Crippen LogP contribution is 2.19. The Morgan fingerprint density at radius 3 is 2.72 bits per heavy atom. The van der Waals surface area contributed by atoms with E-state index in [9.17, 15) is 4.79 Å². The molecule has 0 aliphatic carbocycles. The summed E-state index contributed by atoms with van der Waals surface area (Å²) < 4.78 is 4.71. The first-order valence-electron chi connectivity index (χ1n) is 5.95. The molecule has 0 spiro atoms. The van der Waals surface area contributed by atoms with Crippen LogP contribution >= 0.6 is 11.6 Å². The molecule has 0 aliphatic heterocycles. The summed E-state index contributed by atoms with van der Waals surface area (Å²) in [6.07, 6.45) is 0. The van der Waals surface area contributed by atoms with Gasteiger partial charge in [0.05, 0.1) is 13.0 Å². The molecule has 1 rings (SSSR count). The number of hydrogen-bond donors (Lipinski definition) is 0. The summed E-state index contributed by atoms with van der Waals surface area (Å²) in [5.41, 5.74) is 2.22. The van der Waals surface area contributed by atoms with Crippen molar-refractivity contribution >= 4 is 17.6 Å². The topological polar surface area (TPSA) is 29.5 Å². The Balaban J connectivity index is 2.59. The number of benzene rings is 1. The Hall–Kier alpha value is -1.06. The predicted molar refractivity (Wildman–Crippen MR) is 73.7 cm³/mol. The normalized spacial score (nSPS) is 12.6. The highest BCUT2D eigenvalue weighted by atomic mass is 35.5. The number of nitrogens with zero attached hydrogens (tertiary/aromatic N) is 1. The lowest BCUT2D eigenvalue weighted by molar-refractivity contribution is -0.145. The molecule has 0 N–H and O–H groups in total. The molecule has 4 heteroatoms. The standard InChI is InChI=1S/C14H20ClNO2/c1-10-5-6-12(13(15)7-10)9-16(3)8-11(2)14(17)18-4/h5-7,11H,8-9H2,1-4H3. The minimum absolute atomic E-state index is 0.135. The molecule has 0 bridgehead atoms. The van der Waals surface area contributed by atoms with E-state index in [1.165, 1.54) is 7.11 Å². The Morgan fingerprint density at radius 1 is 1.50 bits per heavy atom. The van der Waals surface area contributed by atoms with Crippen LogP contribution in [0.2, 0.25) is 5.02 Å². The van der Waals surface area contributed by atoms with Crippen LogP contribution in [0.5, 0.6) is 0 Å². The average molecular weight is 270 g/mol. The van der Waals surface area contributed by atoms with Crippen molar-refractivity contribution in [3.63, 3.8) is 0 Å². The quantitative estimate of drug-likeness (QED) is 0.770. The zero-order valence-electron chi connectivity index (χ0n) is 11.4. The zero-order valence-corrected chi connectivity index (χ0v) is 12.1. The van der Waals surface area contributed by atoms with Crippen LogP contribution in [0.15, 0.2) is 18.2 Å². The van der Waals surface area contributed by atoms with Gasteiger partial charge in [-0.05, 0) is 31.2 Å². The second kappa shape index (κ2) is 6.76. The van der Waals surface area contributed by atoms with E-state index in [2.05, 4.69) is 4.90 Å². The van der Waals surface area contributed by atoms with E-state index < -0.39 is 0 Å². The molecule has 3 nitrogen and oxygen atoms in total. The molecule has 0 saturated heterocycles. The SMILES string of the molecule is COC(=O)C(C)CN(C)Cc1ccc(C)cc1Cl. The Labute approximate surface area is 114 Å². The maximum absolute atomic E-state index is 11.3. The molecule has 1 atom stereocenters. The molecule has 100 valence electrons. The lowest BCUT2D eigenvalue weighted by atomic mass is 10.1. The number of methoxy groups -OCH3 is 1. The van der Waals surface area contributed by atoms with Crippen LogP contribution in [-0.2, 0) is 16.1 Å². The van der Waals surface area contributed by atoms with E-state index >= 15 is 0 Å². The van der Waals surface area contributed by atoms with Crippen LogP contribution in [0.3, 0.4) is 0 Å². The van der Waals surface area contributed by atoms with Crippen LogP contribution in [0.1, 0.15) is 18.1 Å². The van der Waals surface area contributed by atoms with Crippen molar-refractivity contribution in [2.45, 2.75) is 20.4 Å². The van der Waals surface area contributed by atoms with Crippen LogP contribution in [0.4, 0.5) is 0 Å². The molecular formula is C14H20ClNO2. The molecule has 0 aliphatic rings. The number of carbonyl (C=O) groups excluding carboxylic acids is 1. The molecule has 18 heavy (non-hydrogen) atoms. The monoisotopic (exact) mass is 269 g/mol. The van der Waals surface area contributed by atoms with Crippen molar-refractivity contribution in [3.8, 4) is 0 Å². The molecule has 0 heterocycles. The first-order valence-corrected chi connectivity index (χ1v) is 6.33. The minimum atomic E-state index is -0.183. The summed E-state index contributed by atoms with van der Waals surface area (Å²) in [4.78, 5) is 13.4. The highest BCUT2D eigenvalue weighted by molar-refractivity contribution is 6.31. The summed E-state index contributed by atoms with van der Waals surface area (Å²) in [5, 5.41) is 0.771. The first-order chi connectivity index (χ1) is 8.43.